The maximum atomic E-state index is 13.0. The van der Waals surface area contributed by atoms with Crippen LogP contribution in [0.1, 0.15) is 16.8 Å². The molecule has 13 nitrogen and oxygen atoms in total. The number of carbonyl (C=O) groups is 4. The number of amides is 2. The molecule has 0 aliphatic carbocycles. The Labute approximate surface area is 223 Å². The van der Waals surface area contributed by atoms with Gasteiger partial charge in [-0.1, -0.05) is 35.5 Å². The Bertz CT molecular complexity index is 1400. The van der Waals surface area contributed by atoms with E-state index in [-0.39, 0.29) is 28.8 Å². The molecule has 2 aromatic rings. The Morgan fingerprint density at radius 1 is 1.37 bits per heavy atom. The van der Waals surface area contributed by atoms with Crippen LogP contribution in [-0.4, -0.2) is 79.9 Å². The van der Waals surface area contributed by atoms with Crippen LogP contribution in [0.3, 0.4) is 0 Å². The maximum Gasteiger partial charge on any atom is 0.344 e. The first-order valence-electron chi connectivity index (χ1n) is 10.9. The summed E-state index contributed by atoms with van der Waals surface area (Å²) in [6, 6.07) is 7.84. The number of oxime groups is 1. The number of carboxylic acid groups (broad SMARTS) is 2. The number of nitrogens with zero attached hydrogens (tertiary/aromatic N) is 4. The maximum absolute atomic E-state index is 13.0. The zero-order valence-corrected chi connectivity index (χ0v) is 21.1. The summed E-state index contributed by atoms with van der Waals surface area (Å²) in [5.74, 6) is -3.64. The fourth-order valence-corrected chi connectivity index (χ4v) is 5.91. The Hall–Kier alpha value is -4.42. The second-order valence-corrected chi connectivity index (χ2v) is 10.3. The largest absolute Gasteiger partial charge is 0.481 e. The number of hydrogen-bond acceptors (Lipinski definition) is 11. The fourth-order valence-electron chi connectivity index (χ4n) is 3.85. The van der Waals surface area contributed by atoms with Crippen LogP contribution in [0.2, 0.25) is 0 Å². The van der Waals surface area contributed by atoms with Crippen molar-refractivity contribution in [2.24, 2.45) is 10.6 Å². The number of fused-ring (bicyclic) bond motifs is 1. The summed E-state index contributed by atoms with van der Waals surface area (Å²) in [6.45, 7) is -0.920. The molecule has 0 radical (unpaired) electrons. The first kappa shape index (κ1) is 26.6. The fraction of sp³-hybridized carbons (Fsp3) is 0.261. The van der Waals surface area contributed by atoms with Gasteiger partial charge in [0.25, 0.3) is 5.91 Å². The lowest BCUT2D eigenvalue weighted by Crippen LogP contribution is -2.73. The number of nitrogens with one attached hydrogen (secondary N) is 1. The molecule has 4 rings (SSSR count). The van der Waals surface area contributed by atoms with E-state index in [1.807, 2.05) is 0 Å². The van der Waals surface area contributed by atoms with Gasteiger partial charge in [-0.2, -0.15) is 5.26 Å². The number of anilines is 1. The van der Waals surface area contributed by atoms with Gasteiger partial charge in [-0.15, -0.1) is 23.1 Å². The summed E-state index contributed by atoms with van der Waals surface area (Å²) in [5, 5.41) is 35.2. The van der Waals surface area contributed by atoms with Crippen molar-refractivity contribution in [3.63, 3.8) is 0 Å². The second-order valence-electron chi connectivity index (χ2n) is 8.29. The normalized spacial score (nSPS) is 22.8. The highest BCUT2D eigenvalue weighted by Gasteiger charge is 2.57. The molecule has 196 valence electrons. The van der Waals surface area contributed by atoms with E-state index >= 15 is 0 Å². The third kappa shape index (κ3) is 5.31. The molecule has 2 aliphatic heterocycles. The van der Waals surface area contributed by atoms with Gasteiger partial charge in [0.2, 0.25) is 12.5 Å². The number of benzene rings is 1. The molecule has 38 heavy (non-hydrogen) atoms. The van der Waals surface area contributed by atoms with Crippen LogP contribution in [0.4, 0.5) is 5.13 Å². The number of nitrogens with two attached hydrogens (primary N) is 1. The van der Waals surface area contributed by atoms with E-state index < -0.39 is 47.2 Å². The Balaban J connectivity index is 1.48. The van der Waals surface area contributed by atoms with Gasteiger partial charge in [0.15, 0.2) is 10.8 Å². The minimum absolute atomic E-state index is 0.0444. The molecule has 2 unspecified atom stereocenters. The van der Waals surface area contributed by atoms with E-state index in [4.69, 9.17) is 15.7 Å². The zero-order valence-electron chi connectivity index (χ0n) is 19.4. The van der Waals surface area contributed by atoms with Gasteiger partial charge in [0.05, 0.1) is 11.6 Å². The van der Waals surface area contributed by atoms with Crippen molar-refractivity contribution in [2.45, 2.75) is 11.4 Å². The standard InChI is InChI=1S/C23H20N6O7S2/c24-7-13-4-2-1-3-12(13)5-6-23(21(34)35)10-29-19(33)17(20(29)38-11-23)27-18(32)16(28-36-8-15(30)31)14-9-37-22(25)26-14/h1-6,9,17,20H,8,10-11H2,(H2,25,26)(H,27,32)(H,30,31)(H,34,35)/t17?,20-,23?/m1/s1. The third-order valence-corrected chi connectivity index (χ3v) is 8.03. The summed E-state index contributed by atoms with van der Waals surface area (Å²) in [6.07, 6.45) is 3.06. The SMILES string of the molecule is N#Cc1ccccc1C=CC1(C(=O)O)CS[C@@H]2C(NC(=O)C(=NOCC(=O)O)c3csc(N)n3)C(=O)N2C1. The van der Waals surface area contributed by atoms with Crippen molar-refractivity contribution >= 4 is 63.8 Å². The minimum atomic E-state index is -1.40. The Morgan fingerprint density at radius 3 is 2.79 bits per heavy atom. The quantitative estimate of drug-likeness (QED) is 0.191. The Morgan fingerprint density at radius 2 is 2.13 bits per heavy atom. The highest BCUT2D eigenvalue weighted by Crippen LogP contribution is 2.43. The second kappa shape index (κ2) is 10.9. The molecule has 1 aromatic carbocycles. The summed E-state index contributed by atoms with van der Waals surface area (Å²) < 4.78 is 0. The van der Waals surface area contributed by atoms with Crippen molar-refractivity contribution in [1.29, 1.82) is 5.26 Å². The first-order valence-corrected chi connectivity index (χ1v) is 12.9. The molecule has 0 saturated carbocycles. The van der Waals surface area contributed by atoms with Crippen molar-refractivity contribution in [3.8, 4) is 6.07 Å². The summed E-state index contributed by atoms with van der Waals surface area (Å²) in [4.78, 5) is 58.9. The van der Waals surface area contributed by atoms with Gasteiger partial charge in [-0.3, -0.25) is 14.4 Å². The number of aliphatic carboxylic acids is 2. The molecule has 5 N–H and O–H groups in total. The number of nitrogen functional groups attached to an aromatic ring is 1. The van der Waals surface area contributed by atoms with E-state index in [0.29, 0.717) is 11.1 Å². The smallest absolute Gasteiger partial charge is 0.344 e. The number of thioether (sulfide) groups is 1. The van der Waals surface area contributed by atoms with Crippen LogP contribution in [0.25, 0.3) is 6.08 Å². The van der Waals surface area contributed by atoms with Crippen LogP contribution in [0.5, 0.6) is 0 Å². The van der Waals surface area contributed by atoms with Gasteiger partial charge in [-0.05, 0) is 11.6 Å². The molecule has 0 bridgehead atoms. The predicted octanol–water partition coefficient (Wildman–Crippen LogP) is 0.587. The lowest BCUT2D eigenvalue weighted by molar-refractivity contribution is -0.156. The molecule has 2 amide bonds. The van der Waals surface area contributed by atoms with Crippen LogP contribution in [0.15, 0.2) is 40.9 Å². The molecule has 3 heterocycles. The van der Waals surface area contributed by atoms with E-state index in [9.17, 15) is 29.5 Å². The number of nitriles is 1. The van der Waals surface area contributed by atoms with Crippen LogP contribution in [-0.2, 0) is 24.0 Å². The molecular formula is C23H20N6O7S2. The van der Waals surface area contributed by atoms with E-state index in [1.165, 1.54) is 28.1 Å². The topological polar surface area (TPSA) is 208 Å². The predicted molar refractivity (Wildman–Crippen MR) is 137 cm³/mol. The average molecular weight is 557 g/mol. The molecule has 3 atom stereocenters. The molecule has 0 spiro atoms. The molecule has 15 heteroatoms. The highest BCUT2D eigenvalue weighted by molar-refractivity contribution is 8.00. The molecule has 2 fully saturated rings. The number of carbonyl (C=O) groups excluding carboxylic acids is 2. The summed E-state index contributed by atoms with van der Waals surface area (Å²) in [5.41, 5.74) is 4.86. The van der Waals surface area contributed by atoms with Crippen molar-refractivity contribution in [2.75, 3.05) is 24.6 Å². The summed E-state index contributed by atoms with van der Waals surface area (Å²) >= 11 is 2.22. The molecule has 2 aliphatic rings. The number of rotatable bonds is 9. The van der Waals surface area contributed by atoms with E-state index in [2.05, 4.69) is 21.5 Å². The highest BCUT2D eigenvalue weighted by atomic mass is 32.2. The van der Waals surface area contributed by atoms with Crippen LogP contribution >= 0.6 is 23.1 Å². The van der Waals surface area contributed by atoms with Crippen molar-refractivity contribution < 1.29 is 34.2 Å². The molecule has 1 aromatic heterocycles. The first-order chi connectivity index (χ1) is 18.1. The minimum Gasteiger partial charge on any atom is -0.481 e. The molecular weight excluding hydrogens is 536 g/mol. The number of carboxylic acids is 2. The van der Waals surface area contributed by atoms with Crippen molar-refractivity contribution in [3.05, 3.63) is 52.5 Å². The van der Waals surface area contributed by atoms with Gasteiger partial charge in [0.1, 0.15) is 22.5 Å². The zero-order chi connectivity index (χ0) is 27.4. The average Bonchev–Trinajstić information content (AvgIpc) is 3.33. The summed E-state index contributed by atoms with van der Waals surface area (Å²) in [7, 11) is 0. The molecule has 2 saturated heterocycles. The number of aromatic nitrogens is 1. The third-order valence-electron chi connectivity index (χ3n) is 5.80. The monoisotopic (exact) mass is 556 g/mol. The lowest BCUT2D eigenvalue weighted by atomic mass is 9.86. The van der Waals surface area contributed by atoms with Gasteiger partial charge >= 0.3 is 11.9 Å². The van der Waals surface area contributed by atoms with Crippen molar-refractivity contribution in [1.82, 2.24) is 15.2 Å². The number of β-lactam (4-membered cyclic amide) rings is 1. The number of hydrogen-bond donors (Lipinski definition) is 4. The van der Waals surface area contributed by atoms with Gasteiger partial charge in [-0.25, -0.2) is 9.78 Å². The van der Waals surface area contributed by atoms with E-state index in [0.717, 1.165) is 11.3 Å². The lowest BCUT2D eigenvalue weighted by Gasteiger charge is -2.53. The van der Waals surface area contributed by atoms with Crippen LogP contribution in [0, 0.1) is 16.7 Å². The number of thiazole rings is 1. The Kier molecular flexibility index (Phi) is 7.65. The van der Waals surface area contributed by atoms with Gasteiger partial charge < -0.3 is 31.0 Å². The van der Waals surface area contributed by atoms with E-state index in [1.54, 1.807) is 30.3 Å². The van der Waals surface area contributed by atoms with Gasteiger partial charge in [0, 0.05) is 17.7 Å². The van der Waals surface area contributed by atoms with Crippen LogP contribution < -0.4 is 11.1 Å².